The topological polar surface area (TPSA) is 35.7 Å². The number of methoxy groups -OCH3 is 1. The van der Waals surface area contributed by atoms with Crippen molar-refractivity contribution in [1.82, 2.24) is 5.43 Å². The summed E-state index contributed by atoms with van der Waals surface area (Å²) in [6, 6.07) is 0. The molecule has 3 heteroatoms. The fourth-order valence-electron chi connectivity index (χ4n) is 0.619. The van der Waals surface area contributed by atoms with Gasteiger partial charge >= 0.3 is 0 Å². The van der Waals surface area contributed by atoms with Crippen molar-refractivity contribution < 1.29 is 4.74 Å². The van der Waals surface area contributed by atoms with Crippen LogP contribution in [0.1, 0.15) is 13.8 Å². The minimum Gasteiger partial charge on any atom is -0.480 e. The van der Waals surface area contributed by atoms with Crippen LogP contribution in [0.25, 0.3) is 0 Å². The van der Waals surface area contributed by atoms with E-state index in [4.69, 9.17) is 4.74 Å². The Hall–Kier alpha value is -0.990. The van der Waals surface area contributed by atoms with Crippen LogP contribution in [0.2, 0.25) is 0 Å². The van der Waals surface area contributed by atoms with Crippen LogP contribution in [0.4, 0.5) is 0 Å². The molecule has 1 heterocycles. The van der Waals surface area contributed by atoms with Gasteiger partial charge in [0.1, 0.15) is 0 Å². The minimum absolute atomic E-state index is 0.632. The molecule has 0 aliphatic carbocycles. The fraction of sp³-hybridized carbons (Fsp3) is 0.500. The summed E-state index contributed by atoms with van der Waals surface area (Å²) in [6.45, 7) is 3.85. The molecule has 1 rings (SSSR count). The van der Waals surface area contributed by atoms with E-state index in [0.717, 1.165) is 11.3 Å². The zero-order valence-corrected chi connectivity index (χ0v) is 5.80. The molecule has 0 atom stereocenters. The smallest absolute Gasteiger partial charge is 0.237 e. The molecule has 0 saturated carbocycles. The zero-order chi connectivity index (χ0) is 6.85. The summed E-state index contributed by atoms with van der Waals surface area (Å²) in [7, 11) is 1.59. The third-order valence-electron chi connectivity index (χ3n) is 1.35. The van der Waals surface area contributed by atoms with Gasteiger partial charge in [-0.25, -0.2) is 0 Å². The highest BCUT2D eigenvalue weighted by Gasteiger charge is 2.12. The molecule has 49 valence electrons. The zero-order valence-electron chi connectivity index (χ0n) is 5.80. The molecular weight excluding hydrogens is 116 g/mol. The Labute approximate surface area is 54.4 Å². The van der Waals surface area contributed by atoms with E-state index < -0.39 is 0 Å². The van der Waals surface area contributed by atoms with E-state index in [9.17, 15) is 0 Å². The Morgan fingerprint density at radius 2 is 2.00 bits per heavy atom. The quantitative estimate of drug-likeness (QED) is 0.473. The molecule has 0 aromatic heterocycles. The Morgan fingerprint density at radius 3 is 2.22 bits per heavy atom. The molecule has 0 amide bonds. The van der Waals surface area contributed by atoms with Gasteiger partial charge in [-0.15, -0.1) is 5.10 Å². The van der Waals surface area contributed by atoms with E-state index in [2.05, 4.69) is 10.5 Å². The van der Waals surface area contributed by atoms with Crippen LogP contribution in [0.3, 0.4) is 0 Å². The Balaban J connectivity index is 2.79. The number of hydrogen-bond donors (Lipinski definition) is 0. The standard InChI is InChI=1S/C6H9N2O/c1-4-5(2)7-8-6(4)9-3/h1-3H3. The molecule has 1 aliphatic rings. The average Bonchev–Trinajstić information content (AvgIpc) is 2.15. The highest BCUT2D eigenvalue weighted by atomic mass is 16.5. The van der Waals surface area contributed by atoms with Gasteiger partial charge in [0, 0.05) is 5.57 Å². The first-order valence-electron chi connectivity index (χ1n) is 2.76. The lowest BCUT2D eigenvalue weighted by molar-refractivity contribution is 0.402. The molecule has 1 aliphatic heterocycles. The minimum atomic E-state index is 0.632. The van der Waals surface area contributed by atoms with Gasteiger partial charge in [-0.3, -0.25) is 0 Å². The van der Waals surface area contributed by atoms with Gasteiger partial charge < -0.3 is 4.74 Å². The maximum absolute atomic E-state index is 4.89. The van der Waals surface area contributed by atoms with Crippen LogP contribution in [0, 0.1) is 0 Å². The van der Waals surface area contributed by atoms with Gasteiger partial charge in [0.05, 0.1) is 12.8 Å². The molecule has 3 nitrogen and oxygen atoms in total. The van der Waals surface area contributed by atoms with Crippen LogP contribution in [-0.4, -0.2) is 13.0 Å². The van der Waals surface area contributed by atoms with Gasteiger partial charge in [0.2, 0.25) is 5.90 Å². The van der Waals surface area contributed by atoms with E-state index >= 15 is 0 Å². The maximum atomic E-state index is 4.89. The molecule has 0 bridgehead atoms. The van der Waals surface area contributed by atoms with Gasteiger partial charge in [0.15, 0.2) is 0 Å². The fourth-order valence-corrected chi connectivity index (χ4v) is 0.619. The summed E-state index contributed by atoms with van der Waals surface area (Å²) in [4.78, 5) is 0. The summed E-state index contributed by atoms with van der Waals surface area (Å²) in [5.41, 5.74) is 5.77. The first-order chi connectivity index (χ1) is 4.25. The number of ether oxygens (including phenoxy) is 1. The SMILES string of the molecule is COC1=N[N]C(C)=C1C. The normalized spacial score (nSPS) is 17.4. The largest absolute Gasteiger partial charge is 0.480 e. The lowest BCUT2D eigenvalue weighted by atomic mass is 10.2. The molecular formula is C6H9N2O. The number of rotatable bonds is 0. The monoisotopic (exact) mass is 125 g/mol. The van der Waals surface area contributed by atoms with Crippen LogP contribution < -0.4 is 5.43 Å². The third-order valence-corrected chi connectivity index (χ3v) is 1.35. The maximum Gasteiger partial charge on any atom is 0.237 e. The summed E-state index contributed by atoms with van der Waals surface area (Å²) in [5.74, 6) is 0.632. The molecule has 0 fully saturated rings. The predicted molar refractivity (Wildman–Crippen MR) is 35.0 cm³/mol. The second kappa shape index (κ2) is 2.09. The van der Waals surface area contributed by atoms with Crippen LogP contribution >= 0.6 is 0 Å². The van der Waals surface area contributed by atoms with Crippen LogP contribution in [0.5, 0.6) is 0 Å². The van der Waals surface area contributed by atoms with E-state index in [1.54, 1.807) is 7.11 Å². The molecule has 9 heavy (non-hydrogen) atoms. The number of hydrogen-bond acceptors (Lipinski definition) is 2. The molecule has 0 saturated heterocycles. The molecule has 1 radical (unpaired) electrons. The summed E-state index contributed by atoms with van der Waals surface area (Å²) in [5, 5.41) is 3.76. The van der Waals surface area contributed by atoms with Crippen molar-refractivity contribution in [3.8, 4) is 0 Å². The Bertz CT molecular complexity index is 181. The highest BCUT2D eigenvalue weighted by Crippen LogP contribution is 2.10. The lowest BCUT2D eigenvalue weighted by Gasteiger charge is -1.95. The van der Waals surface area contributed by atoms with Crippen molar-refractivity contribution in [2.45, 2.75) is 13.8 Å². The van der Waals surface area contributed by atoms with Crippen molar-refractivity contribution >= 4 is 5.90 Å². The Morgan fingerprint density at radius 1 is 1.33 bits per heavy atom. The molecule has 0 unspecified atom stereocenters. The first-order valence-corrected chi connectivity index (χ1v) is 2.76. The second-order valence-corrected chi connectivity index (χ2v) is 1.92. The number of allylic oxidation sites excluding steroid dienone is 1. The van der Waals surface area contributed by atoms with E-state index in [-0.39, 0.29) is 0 Å². The second-order valence-electron chi connectivity index (χ2n) is 1.92. The van der Waals surface area contributed by atoms with Crippen LogP contribution in [0.15, 0.2) is 16.4 Å². The molecule has 0 N–H and O–H groups in total. The van der Waals surface area contributed by atoms with Gasteiger partial charge in [-0.05, 0) is 13.8 Å². The Kier molecular flexibility index (Phi) is 1.42. The van der Waals surface area contributed by atoms with Gasteiger partial charge in [-0.1, -0.05) is 0 Å². The summed E-state index contributed by atoms with van der Waals surface area (Å²) in [6.07, 6.45) is 0. The average molecular weight is 125 g/mol. The summed E-state index contributed by atoms with van der Waals surface area (Å²) >= 11 is 0. The van der Waals surface area contributed by atoms with Crippen molar-refractivity contribution in [2.75, 3.05) is 7.11 Å². The lowest BCUT2D eigenvalue weighted by Crippen LogP contribution is -1.98. The molecule has 0 spiro atoms. The van der Waals surface area contributed by atoms with Crippen molar-refractivity contribution in [3.63, 3.8) is 0 Å². The number of nitrogens with zero attached hydrogens (tertiary/aromatic N) is 2. The van der Waals surface area contributed by atoms with E-state index in [0.29, 0.717) is 5.90 Å². The van der Waals surface area contributed by atoms with Crippen LogP contribution in [-0.2, 0) is 4.74 Å². The van der Waals surface area contributed by atoms with Gasteiger partial charge in [0.25, 0.3) is 0 Å². The highest BCUT2D eigenvalue weighted by molar-refractivity contribution is 5.94. The molecule has 0 aromatic rings. The van der Waals surface area contributed by atoms with Gasteiger partial charge in [-0.2, -0.15) is 5.43 Å². The first kappa shape index (κ1) is 6.13. The van der Waals surface area contributed by atoms with Crippen molar-refractivity contribution in [2.24, 2.45) is 5.10 Å². The van der Waals surface area contributed by atoms with Crippen molar-refractivity contribution in [3.05, 3.63) is 11.3 Å². The predicted octanol–water partition coefficient (Wildman–Crippen LogP) is 0.858. The third kappa shape index (κ3) is 0.896. The van der Waals surface area contributed by atoms with E-state index in [1.165, 1.54) is 0 Å². The van der Waals surface area contributed by atoms with E-state index in [1.807, 2.05) is 13.8 Å². The molecule has 0 aromatic carbocycles. The van der Waals surface area contributed by atoms with Crippen molar-refractivity contribution in [1.29, 1.82) is 0 Å². The summed E-state index contributed by atoms with van der Waals surface area (Å²) < 4.78 is 4.89.